The Kier molecular flexibility index (Phi) is 3.82. The maximum atomic E-state index is 13.3. The Morgan fingerprint density at radius 3 is 2.60 bits per heavy atom. The minimum absolute atomic E-state index is 0.00639. The van der Waals surface area contributed by atoms with Gasteiger partial charge in [-0.05, 0) is 19.1 Å². The third-order valence-electron chi connectivity index (χ3n) is 2.14. The lowest BCUT2D eigenvalue weighted by Crippen LogP contribution is -2.19. The van der Waals surface area contributed by atoms with Gasteiger partial charge in [0, 0.05) is 10.0 Å². The maximum absolute atomic E-state index is 13.3. The molecule has 0 heterocycles. The van der Waals surface area contributed by atoms with E-state index < -0.39 is 23.8 Å². The van der Waals surface area contributed by atoms with Gasteiger partial charge in [-0.2, -0.15) is 0 Å². The number of carbonyl (C=O) groups is 1. The van der Waals surface area contributed by atoms with Crippen LogP contribution in [0.1, 0.15) is 18.6 Å². The Morgan fingerprint density at radius 1 is 1.53 bits per heavy atom. The van der Waals surface area contributed by atoms with Crippen molar-refractivity contribution in [1.82, 2.24) is 0 Å². The number of carboxylic acids is 1. The molecule has 0 aromatic heterocycles. The highest BCUT2D eigenvalue weighted by Gasteiger charge is 2.25. The van der Waals surface area contributed by atoms with Crippen molar-refractivity contribution in [3.05, 3.63) is 34.1 Å². The standard InChI is InChI=1S/C10H10BrFO3/c1-5(10(14)15)9(13)7-3-2-6(11)4-8(7)12/h2-5,9,13H,1H3,(H,14,15)/t5-,9-/m1/s1. The van der Waals surface area contributed by atoms with E-state index in [-0.39, 0.29) is 5.56 Å². The fourth-order valence-electron chi connectivity index (χ4n) is 1.15. The largest absolute Gasteiger partial charge is 0.481 e. The van der Waals surface area contributed by atoms with Gasteiger partial charge in [0.1, 0.15) is 5.82 Å². The molecule has 0 aliphatic rings. The van der Waals surface area contributed by atoms with Crippen LogP contribution in [0.3, 0.4) is 0 Å². The molecule has 82 valence electrons. The van der Waals surface area contributed by atoms with E-state index in [1.807, 2.05) is 0 Å². The first kappa shape index (κ1) is 12.1. The molecule has 1 aromatic carbocycles. The van der Waals surface area contributed by atoms with E-state index in [9.17, 15) is 14.3 Å². The fourth-order valence-corrected chi connectivity index (χ4v) is 1.48. The quantitative estimate of drug-likeness (QED) is 0.891. The third kappa shape index (κ3) is 2.76. The number of rotatable bonds is 3. The van der Waals surface area contributed by atoms with Gasteiger partial charge in [0.2, 0.25) is 0 Å². The van der Waals surface area contributed by atoms with Crippen molar-refractivity contribution in [2.24, 2.45) is 5.92 Å². The van der Waals surface area contributed by atoms with Gasteiger partial charge in [0.25, 0.3) is 0 Å². The average molecular weight is 277 g/mol. The Morgan fingerprint density at radius 2 is 2.13 bits per heavy atom. The molecule has 2 atom stereocenters. The molecule has 2 N–H and O–H groups in total. The number of aliphatic hydroxyl groups is 1. The summed E-state index contributed by atoms with van der Waals surface area (Å²) in [7, 11) is 0. The van der Waals surface area contributed by atoms with Gasteiger partial charge < -0.3 is 10.2 Å². The molecule has 0 aliphatic heterocycles. The molecule has 3 nitrogen and oxygen atoms in total. The molecule has 0 fully saturated rings. The van der Waals surface area contributed by atoms with Crippen LogP contribution in [0.5, 0.6) is 0 Å². The molecule has 5 heteroatoms. The normalized spacial score (nSPS) is 14.7. The lowest BCUT2D eigenvalue weighted by molar-refractivity contribution is -0.145. The van der Waals surface area contributed by atoms with E-state index >= 15 is 0 Å². The molecule has 0 spiro atoms. The van der Waals surface area contributed by atoms with Crippen molar-refractivity contribution >= 4 is 21.9 Å². The summed E-state index contributed by atoms with van der Waals surface area (Å²) in [5.41, 5.74) is -0.00639. The third-order valence-corrected chi connectivity index (χ3v) is 2.64. The second kappa shape index (κ2) is 4.72. The van der Waals surface area contributed by atoms with Gasteiger partial charge >= 0.3 is 5.97 Å². The Labute approximate surface area is 94.7 Å². The van der Waals surface area contributed by atoms with E-state index in [2.05, 4.69) is 15.9 Å². The second-order valence-corrected chi connectivity index (χ2v) is 4.15. The Bertz CT molecular complexity index is 381. The zero-order valence-corrected chi connectivity index (χ0v) is 9.53. The minimum atomic E-state index is -1.34. The summed E-state index contributed by atoms with van der Waals surface area (Å²) in [6.45, 7) is 1.33. The first-order chi connectivity index (χ1) is 6.93. The Hall–Kier alpha value is -0.940. The number of benzene rings is 1. The monoisotopic (exact) mass is 276 g/mol. The molecule has 1 rings (SSSR count). The molecule has 0 unspecified atom stereocenters. The van der Waals surface area contributed by atoms with Crippen LogP contribution in [0.15, 0.2) is 22.7 Å². The van der Waals surface area contributed by atoms with Crippen LogP contribution in [0, 0.1) is 11.7 Å². The molecule has 1 aromatic rings. The summed E-state index contributed by atoms with van der Waals surface area (Å²) in [4.78, 5) is 10.6. The van der Waals surface area contributed by atoms with E-state index in [0.29, 0.717) is 4.47 Å². The molecule has 0 saturated carbocycles. The van der Waals surface area contributed by atoms with Crippen molar-refractivity contribution < 1.29 is 19.4 Å². The molecule has 0 bridgehead atoms. The highest BCUT2D eigenvalue weighted by atomic mass is 79.9. The van der Waals surface area contributed by atoms with Crippen molar-refractivity contribution in [2.75, 3.05) is 0 Å². The Balaban J connectivity index is 3.01. The summed E-state index contributed by atoms with van der Waals surface area (Å²) < 4.78 is 13.9. The number of halogens is 2. The van der Waals surface area contributed by atoms with Gasteiger partial charge in [-0.15, -0.1) is 0 Å². The molecule has 0 saturated heterocycles. The highest BCUT2D eigenvalue weighted by Crippen LogP contribution is 2.26. The topological polar surface area (TPSA) is 57.5 Å². The summed E-state index contributed by atoms with van der Waals surface area (Å²) in [5, 5.41) is 18.3. The van der Waals surface area contributed by atoms with Gasteiger partial charge in [-0.25, -0.2) is 4.39 Å². The summed E-state index contributed by atoms with van der Waals surface area (Å²) in [6.07, 6.45) is -1.34. The van der Waals surface area contributed by atoms with Crippen molar-refractivity contribution in [2.45, 2.75) is 13.0 Å². The van der Waals surface area contributed by atoms with Crippen LogP contribution in [0.25, 0.3) is 0 Å². The minimum Gasteiger partial charge on any atom is -0.481 e. The summed E-state index contributed by atoms with van der Waals surface area (Å²) >= 11 is 3.07. The second-order valence-electron chi connectivity index (χ2n) is 3.24. The van der Waals surface area contributed by atoms with Crippen molar-refractivity contribution in [1.29, 1.82) is 0 Å². The van der Waals surface area contributed by atoms with Gasteiger partial charge in [0.15, 0.2) is 0 Å². The van der Waals surface area contributed by atoms with Crippen LogP contribution in [0.2, 0.25) is 0 Å². The molecular weight excluding hydrogens is 267 g/mol. The van der Waals surface area contributed by atoms with E-state index in [4.69, 9.17) is 5.11 Å². The van der Waals surface area contributed by atoms with Crippen LogP contribution in [-0.4, -0.2) is 16.2 Å². The molecule has 0 radical (unpaired) electrons. The predicted molar refractivity (Wildman–Crippen MR) is 55.9 cm³/mol. The van der Waals surface area contributed by atoms with Crippen LogP contribution in [0.4, 0.5) is 4.39 Å². The van der Waals surface area contributed by atoms with Gasteiger partial charge in [0.05, 0.1) is 12.0 Å². The van der Waals surface area contributed by atoms with E-state index in [1.54, 1.807) is 6.07 Å². The zero-order valence-electron chi connectivity index (χ0n) is 7.95. The lowest BCUT2D eigenvalue weighted by Gasteiger charge is -2.15. The maximum Gasteiger partial charge on any atom is 0.309 e. The summed E-state index contributed by atoms with van der Waals surface area (Å²) in [6, 6.07) is 4.10. The van der Waals surface area contributed by atoms with Crippen LogP contribution in [-0.2, 0) is 4.79 Å². The first-order valence-electron chi connectivity index (χ1n) is 4.29. The zero-order chi connectivity index (χ0) is 11.6. The predicted octanol–water partition coefficient (Wildman–Crippen LogP) is 2.34. The van der Waals surface area contributed by atoms with Crippen molar-refractivity contribution in [3.8, 4) is 0 Å². The smallest absolute Gasteiger partial charge is 0.309 e. The van der Waals surface area contributed by atoms with Crippen molar-refractivity contribution in [3.63, 3.8) is 0 Å². The molecule has 0 aliphatic carbocycles. The van der Waals surface area contributed by atoms with E-state index in [0.717, 1.165) is 0 Å². The molecule has 0 amide bonds. The lowest BCUT2D eigenvalue weighted by atomic mass is 9.97. The average Bonchev–Trinajstić information content (AvgIpc) is 2.15. The SMILES string of the molecule is C[C@@H](C(=O)O)[C@@H](O)c1ccc(Br)cc1F. The number of carboxylic acid groups (broad SMARTS) is 1. The van der Waals surface area contributed by atoms with Gasteiger partial charge in [-0.1, -0.05) is 22.0 Å². The summed E-state index contributed by atoms with van der Waals surface area (Å²) in [5.74, 6) is -2.82. The molecule has 15 heavy (non-hydrogen) atoms. The van der Waals surface area contributed by atoms with Crippen LogP contribution < -0.4 is 0 Å². The van der Waals surface area contributed by atoms with Crippen LogP contribution >= 0.6 is 15.9 Å². The fraction of sp³-hybridized carbons (Fsp3) is 0.300. The number of hydrogen-bond acceptors (Lipinski definition) is 2. The highest BCUT2D eigenvalue weighted by molar-refractivity contribution is 9.10. The van der Waals surface area contributed by atoms with E-state index in [1.165, 1.54) is 19.1 Å². The molecular formula is C10H10BrFO3. The number of aliphatic hydroxyl groups excluding tert-OH is 1. The number of hydrogen-bond donors (Lipinski definition) is 2. The first-order valence-corrected chi connectivity index (χ1v) is 5.08. The van der Waals surface area contributed by atoms with Gasteiger partial charge in [-0.3, -0.25) is 4.79 Å². The number of aliphatic carboxylic acids is 1.